The van der Waals surface area contributed by atoms with Gasteiger partial charge in [-0.3, -0.25) is 0 Å². The lowest BCUT2D eigenvalue weighted by atomic mass is 10.2. The van der Waals surface area contributed by atoms with E-state index in [4.69, 9.17) is 21.4 Å². The monoisotopic (exact) mass is 200 g/mol. The molecule has 0 aliphatic rings. The number of carbonyl (C=O) groups is 1. The maximum absolute atomic E-state index is 10.7. The molecule has 0 atom stereocenters. The molecular weight excluding hydrogens is 192 g/mol. The molecule has 1 rings (SSSR count). The van der Waals surface area contributed by atoms with Gasteiger partial charge in [-0.1, -0.05) is 12.1 Å². The standard InChI is InChI=1S/C9H9ClO3/c10-5-6-13-8-4-2-1-3-7(8)9(11)12/h1-4H,5-6H2,(H,11,12). The topological polar surface area (TPSA) is 46.5 Å². The molecule has 0 fully saturated rings. The van der Waals surface area contributed by atoms with Gasteiger partial charge in [-0.05, 0) is 12.1 Å². The fourth-order valence-corrected chi connectivity index (χ4v) is 0.995. The molecule has 0 radical (unpaired) electrons. The molecule has 0 saturated carbocycles. The van der Waals surface area contributed by atoms with Crippen LogP contribution in [0.4, 0.5) is 0 Å². The molecule has 0 saturated heterocycles. The quantitative estimate of drug-likeness (QED) is 0.757. The van der Waals surface area contributed by atoms with Gasteiger partial charge < -0.3 is 9.84 Å². The van der Waals surface area contributed by atoms with Crippen LogP contribution in [0.3, 0.4) is 0 Å². The molecule has 0 heterocycles. The summed E-state index contributed by atoms with van der Waals surface area (Å²) < 4.78 is 5.13. The molecule has 4 heteroatoms. The molecule has 0 bridgehead atoms. The Kier molecular flexibility index (Phi) is 3.58. The van der Waals surface area contributed by atoms with Gasteiger partial charge in [0.1, 0.15) is 17.9 Å². The van der Waals surface area contributed by atoms with Gasteiger partial charge in [0.05, 0.1) is 5.88 Å². The van der Waals surface area contributed by atoms with Gasteiger partial charge in [0.15, 0.2) is 0 Å². The predicted molar refractivity (Wildman–Crippen MR) is 49.6 cm³/mol. The summed E-state index contributed by atoms with van der Waals surface area (Å²) in [5, 5.41) is 8.75. The van der Waals surface area contributed by atoms with E-state index in [-0.39, 0.29) is 5.56 Å². The van der Waals surface area contributed by atoms with Gasteiger partial charge >= 0.3 is 5.97 Å². The first kappa shape index (κ1) is 9.86. The number of benzene rings is 1. The summed E-state index contributed by atoms with van der Waals surface area (Å²) in [6.07, 6.45) is 0. The minimum atomic E-state index is -0.995. The van der Waals surface area contributed by atoms with Crippen molar-refractivity contribution in [3.8, 4) is 5.75 Å². The van der Waals surface area contributed by atoms with E-state index < -0.39 is 5.97 Å². The van der Waals surface area contributed by atoms with Crippen LogP contribution in [0, 0.1) is 0 Å². The average Bonchev–Trinajstić information content (AvgIpc) is 2.15. The van der Waals surface area contributed by atoms with E-state index in [2.05, 4.69) is 0 Å². The molecule has 0 aliphatic carbocycles. The molecule has 1 aromatic rings. The zero-order valence-electron chi connectivity index (χ0n) is 6.87. The fourth-order valence-electron chi connectivity index (χ4n) is 0.918. The highest BCUT2D eigenvalue weighted by atomic mass is 35.5. The van der Waals surface area contributed by atoms with Crippen molar-refractivity contribution in [3.63, 3.8) is 0 Å². The minimum Gasteiger partial charge on any atom is -0.491 e. The Morgan fingerprint density at radius 2 is 2.15 bits per heavy atom. The van der Waals surface area contributed by atoms with Crippen LogP contribution in [0.2, 0.25) is 0 Å². The third kappa shape index (κ3) is 2.63. The fraction of sp³-hybridized carbons (Fsp3) is 0.222. The third-order valence-corrected chi connectivity index (χ3v) is 1.61. The van der Waals surface area contributed by atoms with Crippen molar-refractivity contribution in [2.24, 2.45) is 0 Å². The Morgan fingerprint density at radius 3 is 2.77 bits per heavy atom. The van der Waals surface area contributed by atoms with Crippen molar-refractivity contribution in [2.45, 2.75) is 0 Å². The molecule has 0 aliphatic heterocycles. The zero-order valence-corrected chi connectivity index (χ0v) is 7.62. The molecular formula is C9H9ClO3. The Labute approximate surface area is 80.9 Å². The van der Waals surface area contributed by atoms with Crippen LogP contribution in [0.15, 0.2) is 24.3 Å². The highest BCUT2D eigenvalue weighted by molar-refractivity contribution is 6.18. The summed E-state index contributed by atoms with van der Waals surface area (Å²) in [6, 6.07) is 6.47. The molecule has 0 amide bonds. The van der Waals surface area contributed by atoms with Crippen LogP contribution in [0.25, 0.3) is 0 Å². The summed E-state index contributed by atoms with van der Waals surface area (Å²) >= 11 is 5.41. The summed E-state index contributed by atoms with van der Waals surface area (Å²) in [7, 11) is 0. The van der Waals surface area contributed by atoms with Gasteiger partial charge in [0, 0.05) is 0 Å². The predicted octanol–water partition coefficient (Wildman–Crippen LogP) is 2.00. The van der Waals surface area contributed by atoms with Crippen molar-refractivity contribution < 1.29 is 14.6 Å². The van der Waals surface area contributed by atoms with E-state index >= 15 is 0 Å². The maximum Gasteiger partial charge on any atom is 0.339 e. The molecule has 0 spiro atoms. The lowest BCUT2D eigenvalue weighted by Gasteiger charge is -2.06. The van der Waals surface area contributed by atoms with Crippen molar-refractivity contribution in [1.82, 2.24) is 0 Å². The van der Waals surface area contributed by atoms with E-state index in [0.717, 1.165) is 0 Å². The molecule has 70 valence electrons. The van der Waals surface area contributed by atoms with Crippen LogP contribution in [-0.4, -0.2) is 23.6 Å². The molecule has 1 aromatic carbocycles. The normalized spacial score (nSPS) is 9.62. The number of ether oxygens (including phenoxy) is 1. The Morgan fingerprint density at radius 1 is 1.46 bits per heavy atom. The van der Waals surface area contributed by atoms with E-state index in [1.807, 2.05) is 0 Å². The summed E-state index contributed by atoms with van der Waals surface area (Å²) in [6.45, 7) is 0.311. The molecule has 13 heavy (non-hydrogen) atoms. The van der Waals surface area contributed by atoms with Gasteiger partial charge in [0.25, 0.3) is 0 Å². The number of aromatic carboxylic acids is 1. The van der Waals surface area contributed by atoms with E-state index in [1.165, 1.54) is 6.07 Å². The molecule has 0 aromatic heterocycles. The lowest BCUT2D eigenvalue weighted by Crippen LogP contribution is -2.04. The van der Waals surface area contributed by atoms with E-state index in [1.54, 1.807) is 18.2 Å². The Balaban J connectivity index is 2.84. The first-order chi connectivity index (χ1) is 6.25. The number of para-hydroxylation sites is 1. The SMILES string of the molecule is O=C(O)c1ccccc1OCCCl. The van der Waals surface area contributed by atoms with Gasteiger partial charge in [-0.15, -0.1) is 11.6 Å². The number of halogens is 1. The number of carboxylic acid groups (broad SMARTS) is 1. The van der Waals surface area contributed by atoms with Crippen LogP contribution in [0.5, 0.6) is 5.75 Å². The number of alkyl halides is 1. The first-order valence-corrected chi connectivity index (χ1v) is 4.30. The van der Waals surface area contributed by atoms with Crippen molar-refractivity contribution in [2.75, 3.05) is 12.5 Å². The van der Waals surface area contributed by atoms with E-state index in [9.17, 15) is 4.79 Å². The number of carboxylic acids is 1. The van der Waals surface area contributed by atoms with Gasteiger partial charge in [-0.25, -0.2) is 4.79 Å². The zero-order chi connectivity index (χ0) is 9.68. The Hall–Kier alpha value is -1.22. The minimum absolute atomic E-state index is 0.160. The summed E-state index contributed by atoms with van der Waals surface area (Å²) in [5.41, 5.74) is 0.160. The molecule has 1 N–H and O–H groups in total. The second-order valence-electron chi connectivity index (χ2n) is 2.34. The van der Waals surface area contributed by atoms with Crippen LogP contribution < -0.4 is 4.74 Å². The molecule has 3 nitrogen and oxygen atoms in total. The first-order valence-electron chi connectivity index (χ1n) is 3.77. The smallest absolute Gasteiger partial charge is 0.339 e. The third-order valence-electron chi connectivity index (χ3n) is 1.45. The maximum atomic E-state index is 10.7. The number of hydrogen-bond donors (Lipinski definition) is 1. The van der Waals surface area contributed by atoms with Gasteiger partial charge in [-0.2, -0.15) is 0 Å². The van der Waals surface area contributed by atoms with Crippen molar-refractivity contribution in [3.05, 3.63) is 29.8 Å². The van der Waals surface area contributed by atoms with Crippen LogP contribution in [-0.2, 0) is 0 Å². The number of hydrogen-bond acceptors (Lipinski definition) is 2. The van der Waals surface area contributed by atoms with Crippen molar-refractivity contribution in [1.29, 1.82) is 0 Å². The van der Waals surface area contributed by atoms with Crippen molar-refractivity contribution >= 4 is 17.6 Å². The van der Waals surface area contributed by atoms with Crippen LogP contribution in [0.1, 0.15) is 10.4 Å². The lowest BCUT2D eigenvalue weighted by molar-refractivity contribution is 0.0692. The second-order valence-corrected chi connectivity index (χ2v) is 2.72. The van der Waals surface area contributed by atoms with E-state index in [0.29, 0.717) is 18.2 Å². The highest BCUT2D eigenvalue weighted by Crippen LogP contribution is 2.17. The second kappa shape index (κ2) is 4.72. The largest absolute Gasteiger partial charge is 0.491 e. The average molecular weight is 201 g/mol. The highest BCUT2D eigenvalue weighted by Gasteiger charge is 2.08. The summed E-state index contributed by atoms with van der Waals surface area (Å²) in [4.78, 5) is 10.7. The Bertz CT molecular complexity index is 299. The molecule has 0 unspecified atom stereocenters. The van der Waals surface area contributed by atoms with Crippen LogP contribution >= 0.6 is 11.6 Å². The number of rotatable bonds is 4. The van der Waals surface area contributed by atoms with Gasteiger partial charge in [0.2, 0.25) is 0 Å². The summed E-state index contributed by atoms with van der Waals surface area (Å²) in [5.74, 6) is -0.297.